The summed E-state index contributed by atoms with van der Waals surface area (Å²) >= 11 is 6.00. The van der Waals surface area contributed by atoms with Gasteiger partial charge in [0.1, 0.15) is 16.9 Å². The van der Waals surface area contributed by atoms with Crippen molar-refractivity contribution in [3.63, 3.8) is 0 Å². The maximum Gasteiger partial charge on any atom is 0.332 e. The van der Waals surface area contributed by atoms with Crippen molar-refractivity contribution in [1.82, 2.24) is 0 Å². The zero-order valence-electron chi connectivity index (χ0n) is 14.5. The van der Waals surface area contributed by atoms with E-state index in [2.05, 4.69) is 15.3 Å². The van der Waals surface area contributed by atoms with E-state index in [1.54, 1.807) is 42.5 Å². The predicted molar refractivity (Wildman–Crippen MR) is 99.5 cm³/mol. The fourth-order valence-corrected chi connectivity index (χ4v) is 2.54. The highest BCUT2D eigenvalue weighted by Gasteiger charge is 2.16. The summed E-state index contributed by atoms with van der Waals surface area (Å²) in [5.74, 6) is -0.735. The van der Waals surface area contributed by atoms with Crippen LogP contribution < -0.4 is 15.6 Å². The minimum atomic E-state index is -0.638. The molecule has 0 aliphatic heterocycles. The first kappa shape index (κ1) is 18.5. The molecular weight excluding hydrogens is 372 g/mol. The quantitative estimate of drug-likeness (QED) is 0.545. The van der Waals surface area contributed by atoms with E-state index in [4.69, 9.17) is 20.8 Å². The van der Waals surface area contributed by atoms with Gasteiger partial charge in [0.25, 0.3) is 11.5 Å². The Hall–Kier alpha value is -3.32. The van der Waals surface area contributed by atoms with Crippen LogP contribution in [0.4, 0.5) is 5.69 Å². The van der Waals surface area contributed by atoms with Crippen molar-refractivity contribution in [2.75, 3.05) is 12.4 Å². The average Bonchev–Trinajstić information content (AvgIpc) is 2.65. The number of para-hydroxylation sites is 1. The smallest absolute Gasteiger partial charge is 0.332 e. The van der Waals surface area contributed by atoms with E-state index in [-0.39, 0.29) is 11.1 Å². The Balaban J connectivity index is 2.07. The Morgan fingerprint density at radius 1 is 1.15 bits per heavy atom. The molecule has 1 amide bonds. The number of rotatable bonds is 4. The van der Waals surface area contributed by atoms with Crippen LogP contribution in [-0.2, 0) is 9.63 Å². The molecule has 3 rings (SSSR count). The van der Waals surface area contributed by atoms with Gasteiger partial charge in [-0.1, -0.05) is 29.8 Å². The summed E-state index contributed by atoms with van der Waals surface area (Å²) in [5.41, 5.74) is 0.807. The minimum Gasteiger partial charge on any atom is -0.495 e. The average molecular weight is 387 g/mol. The first-order valence-corrected chi connectivity index (χ1v) is 8.25. The van der Waals surface area contributed by atoms with Crippen molar-refractivity contribution < 1.29 is 23.6 Å². The van der Waals surface area contributed by atoms with Gasteiger partial charge in [-0.2, -0.15) is 0 Å². The second kappa shape index (κ2) is 7.92. The van der Waals surface area contributed by atoms with E-state index in [0.29, 0.717) is 27.4 Å². The fourth-order valence-electron chi connectivity index (χ4n) is 2.37. The van der Waals surface area contributed by atoms with Gasteiger partial charge >= 0.3 is 5.97 Å². The van der Waals surface area contributed by atoms with Gasteiger partial charge in [0, 0.05) is 17.3 Å². The van der Waals surface area contributed by atoms with Gasteiger partial charge in [0.15, 0.2) is 0 Å². The SMILES string of the molecule is COc1ccc(Cl)cc1NC(=O)c1cc2ccccc2oc1=NOC(C)=O. The molecule has 3 aromatic rings. The standard InChI is InChI=1S/C19H15ClN2O5/c1-11(23)27-22-19-14(9-12-5-3-4-6-16(12)26-19)18(24)21-15-10-13(20)7-8-17(15)25-2/h3-10H,1-2H3,(H,21,24). The summed E-state index contributed by atoms with van der Waals surface area (Å²) in [4.78, 5) is 28.6. The highest BCUT2D eigenvalue weighted by atomic mass is 35.5. The molecule has 0 radical (unpaired) electrons. The molecule has 8 heteroatoms. The maximum absolute atomic E-state index is 12.8. The number of nitrogens with one attached hydrogen (secondary N) is 1. The first-order chi connectivity index (χ1) is 13.0. The number of halogens is 1. The number of fused-ring (bicyclic) bond motifs is 1. The largest absolute Gasteiger partial charge is 0.495 e. The summed E-state index contributed by atoms with van der Waals surface area (Å²) < 4.78 is 10.8. The van der Waals surface area contributed by atoms with Crippen LogP contribution in [0.2, 0.25) is 5.02 Å². The molecular formula is C19H15ClN2O5. The van der Waals surface area contributed by atoms with Crippen LogP contribution in [0, 0.1) is 0 Å². The number of carbonyl (C=O) groups excluding carboxylic acids is 2. The van der Waals surface area contributed by atoms with Gasteiger partial charge in [-0.3, -0.25) is 4.79 Å². The van der Waals surface area contributed by atoms with Crippen LogP contribution in [0.15, 0.2) is 58.1 Å². The lowest BCUT2D eigenvalue weighted by Gasteiger charge is -2.11. The molecule has 27 heavy (non-hydrogen) atoms. The van der Waals surface area contributed by atoms with E-state index in [0.717, 1.165) is 0 Å². The van der Waals surface area contributed by atoms with Gasteiger partial charge in [-0.05, 0) is 35.5 Å². The number of methoxy groups -OCH3 is 1. The van der Waals surface area contributed by atoms with Crippen molar-refractivity contribution in [2.24, 2.45) is 5.16 Å². The van der Waals surface area contributed by atoms with Crippen LogP contribution >= 0.6 is 11.6 Å². The van der Waals surface area contributed by atoms with Crippen molar-refractivity contribution in [2.45, 2.75) is 6.92 Å². The molecule has 1 aromatic heterocycles. The maximum atomic E-state index is 12.8. The normalized spacial score (nSPS) is 11.3. The summed E-state index contributed by atoms with van der Waals surface area (Å²) in [7, 11) is 1.48. The van der Waals surface area contributed by atoms with Gasteiger partial charge in [0.2, 0.25) is 0 Å². The Morgan fingerprint density at radius 3 is 2.67 bits per heavy atom. The molecule has 2 aromatic carbocycles. The molecule has 0 saturated carbocycles. The predicted octanol–water partition coefficient (Wildman–Crippen LogP) is 3.73. The summed E-state index contributed by atoms with van der Waals surface area (Å²) in [5, 5.41) is 7.46. The lowest BCUT2D eigenvalue weighted by atomic mass is 10.1. The number of benzene rings is 2. The van der Waals surface area contributed by atoms with E-state index in [1.165, 1.54) is 14.0 Å². The highest BCUT2D eigenvalue weighted by molar-refractivity contribution is 6.31. The number of amides is 1. The Morgan fingerprint density at radius 2 is 1.93 bits per heavy atom. The number of hydrogen-bond acceptors (Lipinski definition) is 6. The number of anilines is 1. The first-order valence-electron chi connectivity index (χ1n) is 7.87. The fraction of sp³-hybridized carbons (Fsp3) is 0.105. The van der Waals surface area contributed by atoms with Crippen LogP contribution in [0.5, 0.6) is 5.75 Å². The van der Waals surface area contributed by atoms with Gasteiger partial charge in [-0.15, -0.1) is 0 Å². The lowest BCUT2D eigenvalue weighted by Crippen LogP contribution is -2.22. The van der Waals surface area contributed by atoms with E-state index >= 15 is 0 Å². The summed E-state index contributed by atoms with van der Waals surface area (Å²) in [6.45, 7) is 1.20. The Kier molecular flexibility index (Phi) is 5.42. The number of ether oxygens (including phenoxy) is 1. The van der Waals surface area contributed by atoms with Crippen LogP contribution in [0.1, 0.15) is 17.3 Å². The monoisotopic (exact) mass is 386 g/mol. The third-order valence-electron chi connectivity index (χ3n) is 3.57. The molecule has 1 heterocycles. The third-order valence-corrected chi connectivity index (χ3v) is 3.80. The molecule has 0 fully saturated rings. The number of hydrogen-bond donors (Lipinski definition) is 1. The third kappa shape index (κ3) is 4.27. The second-order valence-corrected chi connectivity index (χ2v) is 5.91. The molecule has 0 aliphatic rings. The molecule has 0 bridgehead atoms. The Labute approximate surface area is 159 Å². The second-order valence-electron chi connectivity index (χ2n) is 5.48. The molecule has 0 spiro atoms. The highest BCUT2D eigenvalue weighted by Crippen LogP contribution is 2.28. The van der Waals surface area contributed by atoms with E-state index in [1.807, 2.05) is 6.07 Å². The molecule has 0 unspecified atom stereocenters. The zero-order valence-corrected chi connectivity index (χ0v) is 15.2. The van der Waals surface area contributed by atoms with E-state index < -0.39 is 11.9 Å². The van der Waals surface area contributed by atoms with Gasteiger partial charge in [-0.25, -0.2) is 4.79 Å². The van der Waals surface area contributed by atoms with Crippen LogP contribution in [0.3, 0.4) is 0 Å². The zero-order chi connectivity index (χ0) is 19.4. The van der Waals surface area contributed by atoms with Gasteiger partial charge < -0.3 is 19.3 Å². The summed E-state index contributed by atoms with van der Waals surface area (Å²) in [6, 6.07) is 13.5. The van der Waals surface area contributed by atoms with Crippen molar-refractivity contribution in [3.8, 4) is 5.75 Å². The molecule has 1 N–H and O–H groups in total. The van der Waals surface area contributed by atoms with Crippen molar-refractivity contribution >= 4 is 40.1 Å². The van der Waals surface area contributed by atoms with Crippen LogP contribution in [-0.4, -0.2) is 19.0 Å². The molecule has 0 saturated heterocycles. The number of nitrogens with zero attached hydrogens (tertiary/aromatic N) is 1. The van der Waals surface area contributed by atoms with E-state index in [9.17, 15) is 9.59 Å². The summed E-state index contributed by atoms with van der Waals surface area (Å²) in [6.07, 6.45) is 0. The molecule has 7 nitrogen and oxygen atoms in total. The number of carbonyl (C=O) groups is 2. The Bertz CT molecular complexity index is 1090. The minimum absolute atomic E-state index is 0.0805. The topological polar surface area (TPSA) is 90.1 Å². The molecule has 138 valence electrons. The lowest BCUT2D eigenvalue weighted by molar-refractivity contribution is -0.141. The van der Waals surface area contributed by atoms with Crippen LogP contribution in [0.25, 0.3) is 11.0 Å². The van der Waals surface area contributed by atoms with Crippen molar-refractivity contribution in [1.29, 1.82) is 0 Å². The van der Waals surface area contributed by atoms with Crippen molar-refractivity contribution in [3.05, 3.63) is 64.7 Å². The van der Waals surface area contributed by atoms with Gasteiger partial charge in [0.05, 0.1) is 12.8 Å². The molecule has 0 atom stereocenters. The molecule has 0 aliphatic carbocycles.